The molecule has 2 unspecified atom stereocenters. The van der Waals surface area contributed by atoms with E-state index in [1.54, 1.807) is 0 Å². The number of aliphatic hydroxyl groups is 1. The summed E-state index contributed by atoms with van der Waals surface area (Å²) < 4.78 is 25.7. The fourth-order valence-electron chi connectivity index (χ4n) is 2.06. The summed E-state index contributed by atoms with van der Waals surface area (Å²) in [6.45, 7) is 2.26. The van der Waals surface area contributed by atoms with Crippen LogP contribution in [0.3, 0.4) is 0 Å². The Kier molecular flexibility index (Phi) is 3.00. The van der Waals surface area contributed by atoms with Crippen molar-refractivity contribution >= 4 is 10.0 Å². The Labute approximate surface area is 94.3 Å². The Hall–Kier alpha value is -0.920. The van der Waals surface area contributed by atoms with Crippen molar-refractivity contribution in [2.45, 2.75) is 24.4 Å². The lowest BCUT2D eigenvalue weighted by Crippen LogP contribution is -2.39. The van der Waals surface area contributed by atoms with Crippen molar-refractivity contribution in [3.05, 3.63) is 12.3 Å². The van der Waals surface area contributed by atoms with Gasteiger partial charge in [0.2, 0.25) is 0 Å². The zero-order chi connectivity index (χ0) is 11.8. The summed E-state index contributed by atoms with van der Waals surface area (Å²) in [7, 11) is -3.53. The van der Waals surface area contributed by atoms with Gasteiger partial charge in [-0.2, -0.15) is 9.40 Å². The van der Waals surface area contributed by atoms with Crippen LogP contribution in [0.5, 0.6) is 0 Å². The maximum Gasteiger partial charge on any atom is 0.260 e. The zero-order valence-corrected chi connectivity index (χ0v) is 9.81. The molecule has 0 spiro atoms. The lowest BCUT2D eigenvalue weighted by Gasteiger charge is -2.23. The normalized spacial score (nSPS) is 27.4. The van der Waals surface area contributed by atoms with Crippen molar-refractivity contribution in [1.82, 2.24) is 14.5 Å². The van der Waals surface area contributed by atoms with Crippen LogP contribution >= 0.6 is 0 Å². The lowest BCUT2D eigenvalue weighted by atomic mass is 10.0. The minimum Gasteiger partial charge on any atom is -0.395 e. The number of H-pyrrole nitrogens is 1. The van der Waals surface area contributed by atoms with E-state index in [0.717, 1.165) is 6.42 Å². The van der Waals surface area contributed by atoms with Crippen molar-refractivity contribution in [3.63, 3.8) is 0 Å². The number of aliphatic hydroxyl groups excluding tert-OH is 1. The van der Waals surface area contributed by atoms with E-state index in [1.165, 1.54) is 16.6 Å². The molecule has 16 heavy (non-hydrogen) atoms. The molecule has 2 rings (SSSR count). The van der Waals surface area contributed by atoms with Crippen LogP contribution in [0, 0.1) is 5.92 Å². The number of hydrogen-bond acceptors (Lipinski definition) is 4. The van der Waals surface area contributed by atoms with Gasteiger partial charge in [-0.05, 0) is 18.4 Å². The standard InChI is InChI=1S/C9H15N3O3S/c1-7-3-5-12(8(7)6-13)16(14,15)9-2-4-10-11-9/h2,4,7-8,13H,3,5-6H2,1H3,(H,10,11). The first-order valence-electron chi connectivity index (χ1n) is 5.19. The maximum atomic E-state index is 12.2. The SMILES string of the molecule is CC1CCN(S(=O)(=O)c2ccn[nH]2)C1CO. The van der Waals surface area contributed by atoms with Crippen LogP contribution in [0.15, 0.2) is 17.3 Å². The van der Waals surface area contributed by atoms with Crippen LogP contribution in [0.2, 0.25) is 0 Å². The molecule has 1 aliphatic heterocycles. The molecular formula is C9H15N3O3S. The van der Waals surface area contributed by atoms with E-state index >= 15 is 0 Å². The van der Waals surface area contributed by atoms with Gasteiger partial charge in [-0.15, -0.1) is 0 Å². The van der Waals surface area contributed by atoms with Crippen molar-refractivity contribution in [1.29, 1.82) is 0 Å². The number of aromatic nitrogens is 2. The van der Waals surface area contributed by atoms with E-state index in [4.69, 9.17) is 0 Å². The Morgan fingerprint density at radius 1 is 1.69 bits per heavy atom. The van der Waals surface area contributed by atoms with Gasteiger partial charge in [0.05, 0.1) is 18.8 Å². The number of nitrogens with one attached hydrogen (secondary N) is 1. The van der Waals surface area contributed by atoms with Crippen molar-refractivity contribution in [2.24, 2.45) is 5.92 Å². The van der Waals surface area contributed by atoms with E-state index in [-0.39, 0.29) is 23.6 Å². The van der Waals surface area contributed by atoms with Gasteiger partial charge in [-0.3, -0.25) is 5.10 Å². The fraction of sp³-hybridized carbons (Fsp3) is 0.667. The van der Waals surface area contributed by atoms with Crippen LogP contribution in [0.4, 0.5) is 0 Å². The molecule has 7 heteroatoms. The summed E-state index contributed by atoms with van der Waals surface area (Å²) in [4.78, 5) is 0. The molecule has 0 saturated carbocycles. The highest BCUT2D eigenvalue weighted by atomic mass is 32.2. The van der Waals surface area contributed by atoms with E-state index in [1.807, 2.05) is 6.92 Å². The van der Waals surface area contributed by atoms with Crippen molar-refractivity contribution in [2.75, 3.05) is 13.2 Å². The largest absolute Gasteiger partial charge is 0.395 e. The molecule has 0 amide bonds. The third-order valence-electron chi connectivity index (χ3n) is 3.08. The second-order valence-corrected chi connectivity index (χ2v) is 5.91. The van der Waals surface area contributed by atoms with E-state index in [9.17, 15) is 13.5 Å². The van der Waals surface area contributed by atoms with Crippen molar-refractivity contribution in [3.8, 4) is 0 Å². The summed E-state index contributed by atoms with van der Waals surface area (Å²) >= 11 is 0. The minimum absolute atomic E-state index is 0.0834. The smallest absolute Gasteiger partial charge is 0.260 e. The number of aromatic amines is 1. The van der Waals surface area contributed by atoms with E-state index in [2.05, 4.69) is 10.2 Å². The topological polar surface area (TPSA) is 86.3 Å². The average molecular weight is 245 g/mol. The predicted octanol–water partition coefficient (Wildman–Crippen LogP) is -0.199. The molecule has 0 bridgehead atoms. The van der Waals surface area contributed by atoms with Crippen LogP contribution in [0.25, 0.3) is 0 Å². The summed E-state index contributed by atoms with van der Waals surface area (Å²) in [5.74, 6) is 0.183. The van der Waals surface area contributed by atoms with Crippen molar-refractivity contribution < 1.29 is 13.5 Å². The van der Waals surface area contributed by atoms with Crippen LogP contribution in [-0.2, 0) is 10.0 Å². The van der Waals surface area contributed by atoms with Gasteiger partial charge in [0.1, 0.15) is 0 Å². The second kappa shape index (κ2) is 4.15. The lowest BCUT2D eigenvalue weighted by molar-refractivity contribution is 0.191. The van der Waals surface area contributed by atoms with Crippen LogP contribution < -0.4 is 0 Å². The Bertz CT molecular complexity index is 443. The monoisotopic (exact) mass is 245 g/mol. The fourth-order valence-corrected chi connectivity index (χ4v) is 3.69. The van der Waals surface area contributed by atoms with E-state index in [0.29, 0.717) is 6.54 Å². The van der Waals surface area contributed by atoms with Crippen LogP contribution in [-0.4, -0.2) is 47.2 Å². The summed E-state index contributed by atoms with van der Waals surface area (Å²) in [5.41, 5.74) is 0. The Morgan fingerprint density at radius 2 is 2.44 bits per heavy atom. The quantitative estimate of drug-likeness (QED) is 0.772. The number of hydrogen-bond donors (Lipinski definition) is 2. The number of sulfonamides is 1. The molecule has 1 aromatic heterocycles. The van der Waals surface area contributed by atoms with Gasteiger partial charge in [0, 0.05) is 6.54 Å². The number of nitrogens with zero attached hydrogens (tertiary/aromatic N) is 2. The second-order valence-electron chi connectivity index (χ2n) is 4.05. The zero-order valence-electron chi connectivity index (χ0n) is 9.00. The first kappa shape index (κ1) is 11.6. The molecule has 0 radical (unpaired) electrons. The Morgan fingerprint density at radius 3 is 3.00 bits per heavy atom. The highest BCUT2D eigenvalue weighted by Crippen LogP contribution is 2.28. The molecule has 90 valence electrons. The maximum absolute atomic E-state index is 12.2. The first-order valence-corrected chi connectivity index (χ1v) is 6.63. The summed E-state index contributed by atoms with van der Waals surface area (Å²) in [6, 6.07) is 1.10. The molecule has 2 heterocycles. The molecule has 1 aliphatic rings. The van der Waals surface area contributed by atoms with Gasteiger partial charge in [0.25, 0.3) is 10.0 Å². The molecule has 1 aromatic rings. The first-order chi connectivity index (χ1) is 7.57. The molecule has 1 fully saturated rings. The average Bonchev–Trinajstić information content (AvgIpc) is 2.85. The molecule has 1 saturated heterocycles. The molecule has 6 nitrogen and oxygen atoms in total. The van der Waals surface area contributed by atoms with Crippen LogP contribution in [0.1, 0.15) is 13.3 Å². The molecular weight excluding hydrogens is 230 g/mol. The Balaban J connectivity index is 2.32. The van der Waals surface area contributed by atoms with Gasteiger partial charge < -0.3 is 5.11 Å². The summed E-state index contributed by atoms with van der Waals surface area (Å²) in [6.07, 6.45) is 2.18. The van der Waals surface area contributed by atoms with Gasteiger partial charge in [-0.25, -0.2) is 8.42 Å². The molecule has 2 N–H and O–H groups in total. The van der Waals surface area contributed by atoms with Gasteiger partial charge >= 0.3 is 0 Å². The highest BCUT2D eigenvalue weighted by molar-refractivity contribution is 7.89. The molecule has 0 aliphatic carbocycles. The molecule has 0 aromatic carbocycles. The minimum atomic E-state index is -3.53. The molecule has 2 atom stereocenters. The third-order valence-corrected chi connectivity index (χ3v) is 4.93. The van der Waals surface area contributed by atoms with Gasteiger partial charge in [-0.1, -0.05) is 6.92 Å². The third kappa shape index (κ3) is 1.74. The number of rotatable bonds is 3. The van der Waals surface area contributed by atoms with Gasteiger partial charge in [0.15, 0.2) is 5.03 Å². The summed E-state index contributed by atoms with van der Waals surface area (Å²) in [5, 5.41) is 15.4. The predicted molar refractivity (Wildman–Crippen MR) is 57.1 cm³/mol. The highest BCUT2D eigenvalue weighted by Gasteiger charge is 2.39. The van der Waals surface area contributed by atoms with E-state index < -0.39 is 10.0 Å².